The van der Waals surface area contributed by atoms with E-state index in [2.05, 4.69) is 19.9 Å². The monoisotopic (exact) mass is 304 g/mol. The zero-order chi connectivity index (χ0) is 14.9. The molecule has 1 aliphatic heterocycles. The van der Waals surface area contributed by atoms with E-state index >= 15 is 0 Å². The van der Waals surface area contributed by atoms with Crippen LogP contribution in [0.3, 0.4) is 0 Å². The Balaban J connectivity index is 1.72. The van der Waals surface area contributed by atoms with Crippen LogP contribution in [0.5, 0.6) is 0 Å². The highest BCUT2D eigenvalue weighted by atomic mass is 35.5. The molecule has 110 valence electrons. The fourth-order valence-electron chi connectivity index (χ4n) is 2.54. The molecule has 1 saturated heterocycles. The maximum atomic E-state index is 10.8. The largest absolute Gasteiger partial charge is 0.383 e. The Bertz CT molecular complexity index is 607. The normalized spacial score (nSPS) is 17.8. The first-order valence-electron chi connectivity index (χ1n) is 6.95. The molecule has 0 aromatic carbocycles. The van der Waals surface area contributed by atoms with Gasteiger partial charge < -0.3 is 10.0 Å². The summed E-state index contributed by atoms with van der Waals surface area (Å²) in [6.07, 6.45) is 6.19. The van der Waals surface area contributed by atoms with Gasteiger partial charge in [-0.05, 0) is 31.4 Å². The van der Waals surface area contributed by atoms with Crippen molar-refractivity contribution in [2.75, 3.05) is 18.0 Å². The van der Waals surface area contributed by atoms with E-state index in [9.17, 15) is 5.11 Å². The summed E-state index contributed by atoms with van der Waals surface area (Å²) in [5, 5.41) is 11.3. The van der Waals surface area contributed by atoms with E-state index in [1.165, 1.54) is 0 Å². The quantitative estimate of drug-likeness (QED) is 0.922. The molecular weight excluding hydrogens is 288 g/mol. The molecule has 3 rings (SSSR count). The van der Waals surface area contributed by atoms with Gasteiger partial charge in [0.25, 0.3) is 0 Å². The maximum Gasteiger partial charge on any atom is 0.225 e. The molecule has 6 heteroatoms. The number of rotatable bonds is 2. The highest BCUT2D eigenvalue weighted by molar-refractivity contribution is 6.30. The van der Waals surface area contributed by atoms with Gasteiger partial charge in [-0.15, -0.1) is 0 Å². The van der Waals surface area contributed by atoms with Crippen LogP contribution in [-0.2, 0) is 5.60 Å². The van der Waals surface area contributed by atoms with Crippen molar-refractivity contribution in [2.24, 2.45) is 0 Å². The average molecular weight is 305 g/mol. The second-order valence-electron chi connectivity index (χ2n) is 5.44. The summed E-state index contributed by atoms with van der Waals surface area (Å²) in [7, 11) is 0. The van der Waals surface area contributed by atoms with Crippen LogP contribution < -0.4 is 4.90 Å². The van der Waals surface area contributed by atoms with E-state index in [4.69, 9.17) is 11.6 Å². The van der Waals surface area contributed by atoms with E-state index < -0.39 is 5.60 Å². The predicted molar refractivity (Wildman–Crippen MR) is 81.4 cm³/mol. The van der Waals surface area contributed by atoms with E-state index in [0.29, 0.717) is 36.9 Å². The van der Waals surface area contributed by atoms with Crippen LogP contribution in [0, 0.1) is 6.92 Å². The Morgan fingerprint density at radius 1 is 1.10 bits per heavy atom. The Kier molecular flexibility index (Phi) is 3.78. The first-order chi connectivity index (χ1) is 10.1. The van der Waals surface area contributed by atoms with Crippen molar-refractivity contribution >= 4 is 17.5 Å². The molecule has 2 aromatic rings. The van der Waals surface area contributed by atoms with Gasteiger partial charge in [0.15, 0.2) is 0 Å². The molecule has 0 bridgehead atoms. The standard InChI is InChI=1S/C15H17ClN4O/c1-11-2-3-13(17-8-11)15(21)4-6-20(7-5-15)14-18-9-12(16)10-19-14/h2-3,8-10,21H,4-7H2,1H3. The predicted octanol–water partition coefficient (Wildman–Crippen LogP) is 2.32. The van der Waals surface area contributed by atoms with Crippen molar-refractivity contribution in [1.29, 1.82) is 0 Å². The van der Waals surface area contributed by atoms with Gasteiger partial charge in [-0.2, -0.15) is 0 Å². The third-order valence-electron chi connectivity index (χ3n) is 3.87. The molecule has 21 heavy (non-hydrogen) atoms. The van der Waals surface area contributed by atoms with Gasteiger partial charge in [0.1, 0.15) is 5.60 Å². The van der Waals surface area contributed by atoms with Crippen molar-refractivity contribution in [2.45, 2.75) is 25.4 Å². The molecule has 0 radical (unpaired) electrons. The minimum absolute atomic E-state index is 0.524. The second-order valence-corrected chi connectivity index (χ2v) is 5.88. The van der Waals surface area contributed by atoms with Gasteiger partial charge in [0.2, 0.25) is 5.95 Å². The van der Waals surface area contributed by atoms with E-state index in [1.807, 2.05) is 19.1 Å². The summed E-state index contributed by atoms with van der Waals surface area (Å²) in [6, 6.07) is 3.89. The summed E-state index contributed by atoms with van der Waals surface area (Å²) >= 11 is 5.80. The number of anilines is 1. The zero-order valence-electron chi connectivity index (χ0n) is 11.8. The van der Waals surface area contributed by atoms with E-state index in [-0.39, 0.29) is 0 Å². The summed E-state index contributed by atoms with van der Waals surface area (Å²) in [5.41, 5.74) is 0.968. The lowest BCUT2D eigenvalue weighted by Crippen LogP contribution is -2.43. The van der Waals surface area contributed by atoms with Crippen LogP contribution in [0.15, 0.2) is 30.7 Å². The Labute approximate surface area is 128 Å². The molecule has 0 saturated carbocycles. The van der Waals surface area contributed by atoms with E-state index in [0.717, 1.165) is 11.3 Å². The van der Waals surface area contributed by atoms with Gasteiger partial charge in [0, 0.05) is 19.3 Å². The van der Waals surface area contributed by atoms with Crippen LogP contribution in [0.1, 0.15) is 24.1 Å². The average Bonchev–Trinajstić information content (AvgIpc) is 2.50. The van der Waals surface area contributed by atoms with Gasteiger partial charge in [-0.25, -0.2) is 9.97 Å². The van der Waals surface area contributed by atoms with Crippen molar-refractivity contribution in [1.82, 2.24) is 15.0 Å². The van der Waals surface area contributed by atoms with E-state index in [1.54, 1.807) is 18.6 Å². The van der Waals surface area contributed by atoms with Gasteiger partial charge in [0.05, 0.1) is 23.1 Å². The fourth-order valence-corrected chi connectivity index (χ4v) is 2.64. The van der Waals surface area contributed by atoms with Crippen LogP contribution >= 0.6 is 11.6 Å². The highest BCUT2D eigenvalue weighted by Crippen LogP contribution is 2.32. The minimum Gasteiger partial charge on any atom is -0.383 e. The number of aryl methyl sites for hydroxylation is 1. The molecule has 0 amide bonds. The smallest absolute Gasteiger partial charge is 0.225 e. The van der Waals surface area contributed by atoms with Gasteiger partial charge in [-0.1, -0.05) is 17.7 Å². The summed E-state index contributed by atoms with van der Waals surface area (Å²) in [4.78, 5) is 14.9. The Hall–Kier alpha value is -1.72. The van der Waals surface area contributed by atoms with Crippen molar-refractivity contribution in [3.63, 3.8) is 0 Å². The van der Waals surface area contributed by atoms with Crippen LogP contribution in [0.4, 0.5) is 5.95 Å². The number of halogens is 1. The molecule has 1 fully saturated rings. The Morgan fingerprint density at radius 2 is 1.76 bits per heavy atom. The zero-order valence-corrected chi connectivity index (χ0v) is 12.6. The number of nitrogens with zero attached hydrogens (tertiary/aromatic N) is 4. The van der Waals surface area contributed by atoms with Crippen molar-refractivity contribution in [3.8, 4) is 0 Å². The molecule has 0 aliphatic carbocycles. The summed E-state index contributed by atoms with van der Waals surface area (Å²) in [6.45, 7) is 3.36. The number of pyridine rings is 1. The molecule has 2 aromatic heterocycles. The third kappa shape index (κ3) is 2.99. The molecule has 1 N–H and O–H groups in total. The van der Waals surface area contributed by atoms with Crippen LogP contribution in [0.25, 0.3) is 0 Å². The molecule has 0 atom stereocenters. The fraction of sp³-hybridized carbons (Fsp3) is 0.400. The van der Waals surface area contributed by atoms with Gasteiger partial charge >= 0.3 is 0 Å². The molecule has 3 heterocycles. The number of aromatic nitrogens is 3. The lowest BCUT2D eigenvalue weighted by Gasteiger charge is -2.37. The molecule has 1 aliphatic rings. The van der Waals surface area contributed by atoms with Gasteiger partial charge in [-0.3, -0.25) is 4.98 Å². The summed E-state index contributed by atoms with van der Waals surface area (Å²) < 4.78 is 0. The number of hydrogen-bond acceptors (Lipinski definition) is 5. The molecular formula is C15H17ClN4O. The first kappa shape index (κ1) is 14.2. The maximum absolute atomic E-state index is 10.8. The second kappa shape index (κ2) is 5.58. The number of aliphatic hydroxyl groups is 1. The number of hydrogen-bond donors (Lipinski definition) is 1. The minimum atomic E-state index is -0.864. The molecule has 0 spiro atoms. The lowest BCUT2D eigenvalue weighted by molar-refractivity contribution is 0.00736. The van der Waals surface area contributed by atoms with Crippen molar-refractivity contribution in [3.05, 3.63) is 47.0 Å². The molecule has 5 nitrogen and oxygen atoms in total. The van der Waals surface area contributed by atoms with Crippen molar-refractivity contribution < 1.29 is 5.11 Å². The van der Waals surface area contributed by atoms with Crippen LogP contribution in [0.2, 0.25) is 5.02 Å². The van der Waals surface area contributed by atoms with Crippen LogP contribution in [-0.4, -0.2) is 33.1 Å². The third-order valence-corrected chi connectivity index (χ3v) is 4.06. The lowest BCUT2D eigenvalue weighted by atomic mass is 9.87. The summed E-state index contributed by atoms with van der Waals surface area (Å²) in [5.74, 6) is 0.651. The first-order valence-corrected chi connectivity index (χ1v) is 7.33. The Morgan fingerprint density at radius 3 is 2.33 bits per heavy atom. The SMILES string of the molecule is Cc1ccc(C2(O)CCN(c3ncc(Cl)cn3)CC2)nc1. The highest BCUT2D eigenvalue weighted by Gasteiger charge is 2.35. The molecule has 0 unspecified atom stereocenters. The number of piperidine rings is 1. The topological polar surface area (TPSA) is 62.1 Å².